The van der Waals surface area contributed by atoms with Gasteiger partial charge in [0.2, 0.25) is 10.0 Å². The van der Waals surface area contributed by atoms with Crippen LogP contribution in [0.1, 0.15) is 12.8 Å². The second-order valence-corrected chi connectivity index (χ2v) is 6.11. The fraction of sp³-hybridized carbons (Fsp3) is 0.455. The van der Waals surface area contributed by atoms with Gasteiger partial charge in [-0.25, -0.2) is 13.1 Å². The average Bonchev–Trinajstić information content (AvgIpc) is 3.08. The highest BCUT2D eigenvalue weighted by molar-refractivity contribution is 7.90. The largest absolute Gasteiger partial charge is 0.492 e. The van der Waals surface area contributed by atoms with Gasteiger partial charge in [-0.1, -0.05) is 6.07 Å². The maximum absolute atomic E-state index is 11.5. The standard InChI is InChI=1S/C11H16N2O3S/c12-9-2-1-3-10(8-9)16-7-6-13-17(14,15)11-4-5-11/h1-3,8,11,13H,4-7,12H2. The van der Waals surface area contributed by atoms with Crippen molar-refractivity contribution >= 4 is 15.7 Å². The van der Waals surface area contributed by atoms with E-state index in [-0.39, 0.29) is 11.8 Å². The normalized spacial score (nSPS) is 15.8. The van der Waals surface area contributed by atoms with Crippen molar-refractivity contribution in [2.24, 2.45) is 0 Å². The summed E-state index contributed by atoms with van der Waals surface area (Å²) >= 11 is 0. The molecule has 5 nitrogen and oxygen atoms in total. The minimum Gasteiger partial charge on any atom is -0.492 e. The second kappa shape index (κ2) is 4.93. The van der Waals surface area contributed by atoms with Crippen molar-refractivity contribution in [3.05, 3.63) is 24.3 Å². The van der Waals surface area contributed by atoms with Crippen LogP contribution in [-0.2, 0) is 10.0 Å². The summed E-state index contributed by atoms with van der Waals surface area (Å²) in [6.45, 7) is 0.586. The molecular weight excluding hydrogens is 240 g/mol. The van der Waals surface area contributed by atoms with Gasteiger partial charge in [0.25, 0.3) is 0 Å². The number of hydrogen-bond acceptors (Lipinski definition) is 4. The number of nitrogens with two attached hydrogens (primary N) is 1. The van der Waals surface area contributed by atoms with Crippen LogP contribution in [0.4, 0.5) is 5.69 Å². The molecule has 1 aromatic rings. The number of rotatable bonds is 6. The smallest absolute Gasteiger partial charge is 0.214 e. The summed E-state index contributed by atoms with van der Waals surface area (Å²) in [7, 11) is -3.10. The van der Waals surface area contributed by atoms with Crippen LogP contribution >= 0.6 is 0 Å². The van der Waals surface area contributed by atoms with Crippen molar-refractivity contribution in [1.82, 2.24) is 4.72 Å². The molecule has 0 amide bonds. The lowest BCUT2D eigenvalue weighted by atomic mass is 10.3. The van der Waals surface area contributed by atoms with E-state index in [0.717, 1.165) is 12.8 Å². The molecule has 17 heavy (non-hydrogen) atoms. The van der Waals surface area contributed by atoms with Gasteiger partial charge >= 0.3 is 0 Å². The molecule has 2 rings (SSSR count). The Morgan fingerprint density at radius 2 is 2.18 bits per heavy atom. The first-order valence-corrected chi connectivity index (χ1v) is 7.09. The molecule has 1 aliphatic rings. The quantitative estimate of drug-likeness (QED) is 0.580. The third-order valence-corrected chi connectivity index (χ3v) is 4.45. The van der Waals surface area contributed by atoms with Crippen LogP contribution < -0.4 is 15.2 Å². The average molecular weight is 256 g/mol. The van der Waals surface area contributed by atoms with Gasteiger partial charge in [0.05, 0.1) is 5.25 Å². The Kier molecular flexibility index (Phi) is 3.54. The molecule has 0 radical (unpaired) electrons. The molecular formula is C11H16N2O3S. The second-order valence-electron chi connectivity index (χ2n) is 4.06. The maximum atomic E-state index is 11.5. The van der Waals surface area contributed by atoms with Crippen LogP contribution in [0.3, 0.4) is 0 Å². The number of nitrogens with one attached hydrogen (secondary N) is 1. The summed E-state index contributed by atoms with van der Waals surface area (Å²) < 4.78 is 30.8. The highest BCUT2D eigenvalue weighted by atomic mass is 32.2. The lowest BCUT2D eigenvalue weighted by Crippen LogP contribution is -2.31. The van der Waals surface area contributed by atoms with E-state index in [2.05, 4.69) is 4.72 Å². The van der Waals surface area contributed by atoms with Gasteiger partial charge in [0.1, 0.15) is 12.4 Å². The minimum absolute atomic E-state index is 0.185. The van der Waals surface area contributed by atoms with Crippen molar-refractivity contribution in [1.29, 1.82) is 0 Å². The van der Waals surface area contributed by atoms with E-state index >= 15 is 0 Å². The van der Waals surface area contributed by atoms with Gasteiger partial charge in [-0.15, -0.1) is 0 Å². The highest BCUT2D eigenvalue weighted by Gasteiger charge is 2.35. The van der Waals surface area contributed by atoms with Gasteiger partial charge in [-0.3, -0.25) is 0 Å². The molecule has 0 aliphatic heterocycles. The third kappa shape index (κ3) is 3.61. The fourth-order valence-corrected chi connectivity index (χ4v) is 2.81. The van der Waals surface area contributed by atoms with Crippen LogP contribution in [0.25, 0.3) is 0 Å². The Balaban J connectivity index is 1.73. The SMILES string of the molecule is Nc1cccc(OCCNS(=O)(=O)C2CC2)c1. The van der Waals surface area contributed by atoms with Crippen molar-refractivity contribution in [3.8, 4) is 5.75 Å². The zero-order valence-corrected chi connectivity index (χ0v) is 10.2. The van der Waals surface area contributed by atoms with Crippen LogP contribution in [0.5, 0.6) is 5.75 Å². The predicted octanol–water partition coefficient (Wildman–Crippen LogP) is 0.729. The zero-order chi connectivity index (χ0) is 12.3. The summed E-state index contributed by atoms with van der Waals surface area (Å²) in [5, 5.41) is -0.185. The van der Waals surface area contributed by atoms with Gasteiger partial charge in [0.15, 0.2) is 0 Å². The molecule has 94 valence electrons. The summed E-state index contributed by atoms with van der Waals surface area (Å²) in [5.41, 5.74) is 6.21. The summed E-state index contributed by atoms with van der Waals surface area (Å²) in [4.78, 5) is 0. The fourth-order valence-electron chi connectivity index (χ4n) is 1.45. The van der Waals surface area contributed by atoms with E-state index in [0.29, 0.717) is 18.0 Å². The highest BCUT2D eigenvalue weighted by Crippen LogP contribution is 2.27. The molecule has 1 aliphatic carbocycles. The van der Waals surface area contributed by atoms with E-state index in [1.807, 2.05) is 0 Å². The van der Waals surface area contributed by atoms with Gasteiger partial charge < -0.3 is 10.5 Å². The van der Waals surface area contributed by atoms with Gasteiger partial charge in [-0.05, 0) is 25.0 Å². The Bertz CT molecular complexity index is 483. The van der Waals surface area contributed by atoms with Gasteiger partial charge in [-0.2, -0.15) is 0 Å². The molecule has 0 heterocycles. The Morgan fingerprint density at radius 3 is 2.82 bits per heavy atom. The maximum Gasteiger partial charge on any atom is 0.214 e. The summed E-state index contributed by atoms with van der Waals surface area (Å²) in [5.74, 6) is 0.649. The molecule has 1 fully saturated rings. The first-order chi connectivity index (χ1) is 8.08. The monoisotopic (exact) mass is 256 g/mol. The first kappa shape index (κ1) is 12.2. The topological polar surface area (TPSA) is 81.4 Å². The van der Waals surface area contributed by atoms with Crippen molar-refractivity contribution in [2.45, 2.75) is 18.1 Å². The Morgan fingerprint density at radius 1 is 1.41 bits per heavy atom. The molecule has 0 spiro atoms. The zero-order valence-electron chi connectivity index (χ0n) is 9.43. The lowest BCUT2D eigenvalue weighted by Gasteiger charge is -2.08. The van der Waals surface area contributed by atoms with E-state index in [1.165, 1.54) is 0 Å². The van der Waals surface area contributed by atoms with Crippen LogP contribution in [0.15, 0.2) is 24.3 Å². The Hall–Kier alpha value is -1.27. The number of sulfonamides is 1. The molecule has 1 saturated carbocycles. The number of anilines is 1. The summed E-state index contributed by atoms with van der Waals surface area (Å²) in [6.07, 6.45) is 1.54. The minimum atomic E-state index is -3.10. The first-order valence-electron chi connectivity index (χ1n) is 5.55. The molecule has 3 N–H and O–H groups in total. The van der Waals surface area contributed by atoms with Crippen molar-refractivity contribution < 1.29 is 13.2 Å². The number of hydrogen-bond donors (Lipinski definition) is 2. The molecule has 0 saturated heterocycles. The predicted molar refractivity (Wildman–Crippen MR) is 66.3 cm³/mol. The van der Waals surface area contributed by atoms with Crippen molar-refractivity contribution in [3.63, 3.8) is 0 Å². The van der Waals surface area contributed by atoms with E-state index in [4.69, 9.17) is 10.5 Å². The van der Waals surface area contributed by atoms with E-state index in [1.54, 1.807) is 24.3 Å². The molecule has 1 aromatic carbocycles. The van der Waals surface area contributed by atoms with Gasteiger partial charge in [0, 0.05) is 18.3 Å². The molecule has 0 bridgehead atoms. The molecule has 0 aromatic heterocycles. The lowest BCUT2D eigenvalue weighted by molar-refractivity contribution is 0.323. The molecule has 6 heteroatoms. The third-order valence-electron chi connectivity index (χ3n) is 2.50. The van der Waals surface area contributed by atoms with Crippen LogP contribution in [0, 0.1) is 0 Å². The molecule has 0 unspecified atom stereocenters. The number of benzene rings is 1. The van der Waals surface area contributed by atoms with E-state index < -0.39 is 10.0 Å². The van der Waals surface area contributed by atoms with E-state index in [9.17, 15) is 8.42 Å². The van der Waals surface area contributed by atoms with Crippen LogP contribution in [-0.4, -0.2) is 26.8 Å². The van der Waals surface area contributed by atoms with Crippen LogP contribution in [0.2, 0.25) is 0 Å². The molecule has 0 atom stereocenters. The van der Waals surface area contributed by atoms with Crippen molar-refractivity contribution in [2.75, 3.05) is 18.9 Å². The number of ether oxygens (including phenoxy) is 1. The number of nitrogen functional groups attached to an aromatic ring is 1. The Labute approximate surface area is 101 Å². The summed E-state index contributed by atoms with van der Waals surface area (Å²) in [6, 6.07) is 7.04.